The predicted molar refractivity (Wildman–Crippen MR) is 24.9 cm³/mol. The molecule has 1 aromatic heterocycles. The minimum absolute atomic E-state index is 0.500. The molecule has 0 aliphatic carbocycles. The zero-order chi connectivity index (χ0) is 4.41. The summed E-state index contributed by atoms with van der Waals surface area (Å²) in [4.78, 5) is 0. The summed E-state index contributed by atoms with van der Waals surface area (Å²) < 4.78 is 3.68. The van der Waals surface area contributed by atoms with Crippen LogP contribution in [0.2, 0.25) is 0 Å². The quantitative estimate of drug-likeness (QED) is 0.479. The Kier molecular flexibility index (Phi) is 0.759. The van der Waals surface area contributed by atoms with Crippen molar-refractivity contribution in [1.82, 2.24) is 10.1 Å². The highest BCUT2D eigenvalue weighted by Crippen LogP contribution is 2.02. The Labute approximate surface area is 39.8 Å². The van der Waals surface area contributed by atoms with Crippen LogP contribution in [0.3, 0.4) is 0 Å². The Morgan fingerprint density at radius 1 is 1.83 bits per heavy atom. The summed E-state index contributed by atoms with van der Waals surface area (Å²) in [6.45, 7) is 0. The Bertz CT molecular complexity index is 112. The number of hydrogen-bond acceptors (Lipinski definition) is 2. The molecule has 2 nitrogen and oxygen atoms in total. The minimum atomic E-state index is 0.500. The zero-order valence-electron chi connectivity index (χ0n) is 3.01. The average molecular weight is 99.1 g/mol. The van der Waals surface area contributed by atoms with Gasteiger partial charge in [0.25, 0.3) is 0 Å². The van der Waals surface area contributed by atoms with Crippen LogP contribution >= 0.6 is 11.5 Å². The molecule has 6 heavy (non-hydrogen) atoms. The van der Waals surface area contributed by atoms with E-state index in [2.05, 4.69) is 4.37 Å². The van der Waals surface area contributed by atoms with E-state index in [0.717, 1.165) is 0 Å². The molecule has 0 bridgehead atoms. The second kappa shape index (κ2) is 1.26. The minimum Gasteiger partial charge on any atom is -0.298 e. The van der Waals surface area contributed by atoms with E-state index in [9.17, 15) is 0 Å². The second-order valence-electron chi connectivity index (χ2n) is 0.913. The van der Waals surface area contributed by atoms with Gasteiger partial charge in [-0.3, -0.25) is 5.73 Å². The van der Waals surface area contributed by atoms with Gasteiger partial charge < -0.3 is 0 Å². The van der Waals surface area contributed by atoms with Crippen molar-refractivity contribution < 1.29 is 0 Å². The molecule has 0 aromatic carbocycles. The lowest BCUT2D eigenvalue weighted by atomic mass is 10.6. The van der Waals surface area contributed by atoms with Crippen LogP contribution in [0.25, 0.3) is 0 Å². The van der Waals surface area contributed by atoms with Crippen LogP contribution in [0.5, 0.6) is 0 Å². The van der Waals surface area contributed by atoms with Crippen LogP contribution in [-0.2, 0) is 0 Å². The van der Waals surface area contributed by atoms with E-state index in [4.69, 9.17) is 5.73 Å². The SMILES string of the molecule is [NH]c1cnsc1. The molecule has 0 amide bonds. The molecule has 1 radical (unpaired) electrons. The van der Waals surface area contributed by atoms with Crippen molar-refractivity contribution in [1.29, 1.82) is 0 Å². The molecule has 1 heterocycles. The number of rotatable bonds is 0. The van der Waals surface area contributed by atoms with E-state index < -0.39 is 0 Å². The van der Waals surface area contributed by atoms with Gasteiger partial charge in [-0.2, -0.15) is 4.37 Å². The fourth-order valence-electron chi connectivity index (χ4n) is 0.205. The van der Waals surface area contributed by atoms with Crippen LogP contribution in [0.15, 0.2) is 11.6 Å². The lowest BCUT2D eigenvalue weighted by Gasteiger charge is -1.63. The van der Waals surface area contributed by atoms with Crippen molar-refractivity contribution in [2.75, 3.05) is 0 Å². The highest BCUT2D eigenvalue weighted by molar-refractivity contribution is 7.03. The first-order valence-electron chi connectivity index (χ1n) is 1.50. The molecule has 0 aliphatic heterocycles. The molecule has 0 fully saturated rings. The number of nitrogens with one attached hydrogen (secondary N) is 1. The molecule has 1 rings (SSSR count). The molecule has 0 unspecified atom stereocenters. The van der Waals surface area contributed by atoms with Crippen LogP contribution < -0.4 is 5.73 Å². The third-order valence-electron chi connectivity index (χ3n) is 0.432. The van der Waals surface area contributed by atoms with Crippen molar-refractivity contribution in [3.8, 4) is 0 Å². The van der Waals surface area contributed by atoms with Gasteiger partial charge in [0.15, 0.2) is 0 Å². The molecular weight excluding hydrogens is 96.1 g/mol. The molecule has 0 saturated heterocycles. The fraction of sp³-hybridized carbons (Fsp3) is 0. The standard InChI is InChI=1S/C3H3N2S/c4-3-1-5-6-2-3/h1-2,4H. The van der Waals surface area contributed by atoms with Gasteiger partial charge in [0.1, 0.15) is 0 Å². The van der Waals surface area contributed by atoms with Gasteiger partial charge >= 0.3 is 0 Å². The van der Waals surface area contributed by atoms with Crippen molar-refractivity contribution in [2.45, 2.75) is 0 Å². The molecule has 0 atom stereocenters. The fourth-order valence-corrected chi connectivity index (χ4v) is 0.615. The maximum atomic E-state index is 6.82. The van der Waals surface area contributed by atoms with Crippen molar-refractivity contribution in [2.24, 2.45) is 0 Å². The summed E-state index contributed by atoms with van der Waals surface area (Å²) in [5.41, 5.74) is 7.32. The average Bonchev–Trinajstić information content (AvgIpc) is 1.86. The van der Waals surface area contributed by atoms with E-state index >= 15 is 0 Å². The normalized spacial score (nSPS) is 8.67. The van der Waals surface area contributed by atoms with Crippen molar-refractivity contribution in [3.63, 3.8) is 0 Å². The molecular formula is C3H3N2S. The molecule has 1 aromatic rings. The summed E-state index contributed by atoms with van der Waals surface area (Å²) in [6.07, 6.45) is 1.52. The maximum absolute atomic E-state index is 6.82. The van der Waals surface area contributed by atoms with Gasteiger partial charge in [0.05, 0.1) is 11.9 Å². The van der Waals surface area contributed by atoms with E-state index in [0.29, 0.717) is 5.69 Å². The zero-order valence-corrected chi connectivity index (χ0v) is 3.83. The van der Waals surface area contributed by atoms with Crippen LogP contribution in [-0.4, -0.2) is 4.37 Å². The highest BCUT2D eigenvalue weighted by Gasteiger charge is 1.78. The number of aromatic nitrogens is 1. The van der Waals surface area contributed by atoms with Gasteiger partial charge in [-0.05, 0) is 11.5 Å². The largest absolute Gasteiger partial charge is 0.298 e. The van der Waals surface area contributed by atoms with E-state index in [1.54, 1.807) is 5.38 Å². The van der Waals surface area contributed by atoms with E-state index in [-0.39, 0.29) is 0 Å². The van der Waals surface area contributed by atoms with Gasteiger partial charge in [-0.15, -0.1) is 0 Å². The Morgan fingerprint density at radius 2 is 2.67 bits per heavy atom. The first kappa shape index (κ1) is 3.61. The Balaban J connectivity index is 3.05. The third-order valence-corrected chi connectivity index (χ3v) is 1.02. The van der Waals surface area contributed by atoms with Gasteiger partial charge in [-0.25, -0.2) is 0 Å². The molecule has 3 heteroatoms. The van der Waals surface area contributed by atoms with Crippen LogP contribution in [0, 0.1) is 0 Å². The molecule has 0 aliphatic rings. The number of nitrogens with zero attached hydrogens (tertiary/aromatic N) is 1. The monoisotopic (exact) mass is 99.0 g/mol. The van der Waals surface area contributed by atoms with Crippen molar-refractivity contribution >= 4 is 17.2 Å². The lowest BCUT2D eigenvalue weighted by molar-refractivity contribution is 1.47. The van der Waals surface area contributed by atoms with Gasteiger partial charge in [0.2, 0.25) is 0 Å². The highest BCUT2D eigenvalue weighted by atomic mass is 32.1. The summed E-state index contributed by atoms with van der Waals surface area (Å²) in [5.74, 6) is 0. The predicted octanol–water partition coefficient (Wildman–Crippen LogP) is 1.06. The van der Waals surface area contributed by atoms with Gasteiger partial charge in [-0.1, -0.05) is 0 Å². The maximum Gasteiger partial charge on any atom is 0.0847 e. The molecule has 1 N–H and O–H groups in total. The van der Waals surface area contributed by atoms with Gasteiger partial charge in [0, 0.05) is 5.38 Å². The van der Waals surface area contributed by atoms with Crippen molar-refractivity contribution in [3.05, 3.63) is 11.6 Å². The molecule has 0 spiro atoms. The smallest absolute Gasteiger partial charge is 0.0847 e. The van der Waals surface area contributed by atoms with Crippen LogP contribution in [0.4, 0.5) is 5.69 Å². The summed E-state index contributed by atoms with van der Waals surface area (Å²) in [7, 11) is 0. The summed E-state index contributed by atoms with van der Waals surface area (Å²) in [6, 6.07) is 0. The second-order valence-corrected chi connectivity index (χ2v) is 1.57. The first-order chi connectivity index (χ1) is 2.89. The Hall–Kier alpha value is -0.570. The first-order valence-corrected chi connectivity index (χ1v) is 2.34. The van der Waals surface area contributed by atoms with E-state index in [1.807, 2.05) is 0 Å². The lowest BCUT2D eigenvalue weighted by Crippen LogP contribution is -1.51. The Morgan fingerprint density at radius 3 is 2.83 bits per heavy atom. The molecule has 0 saturated carbocycles. The molecule has 31 valence electrons. The third kappa shape index (κ3) is 0.490. The van der Waals surface area contributed by atoms with Crippen LogP contribution in [0.1, 0.15) is 0 Å². The number of hydrogen-bond donors (Lipinski definition) is 0. The topological polar surface area (TPSA) is 36.7 Å². The summed E-state index contributed by atoms with van der Waals surface area (Å²) in [5, 5.41) is 1.68. The summed E-state index contributed by atoms with van der Waals surface area (Å²) >= 11 is 1.30. The van der Waals surface area contributed by atoms with E-state index in [1.165, 1.54) is 17.7 Å².